The number of ketones is 1. The minimum Gasteiger partial charge on any atom is -0.299 e. The molecule has 3 unspecified atom stereocenters. The van der Waals surface area contributed by atoms with Crippen molar-refractivity contribution < 1.29 is 4.79 Å². The third-order valence-corrected chi connectivity index (χ3v) is 4.30. The summed E-state index contributed by atoms with van der Waals surface area (Å²) in [6.07, 6.45) is 5.47. The van der Waals surface area contributed by atoms with Crippen molar-refractivity contribution in [2.45, 2.75) is 19.3 Å². The van der Waals surface area contributed by atoms with Gasteiger partial charge in [-0.1, -0.05) is 12.2 Å². The average Bonchev–Trinajstić information content (AvgIpc) is 3.09. The maximum absolute atomic E-state index is 12.3. The minimum absolute atomic E-state index is 0.177. The van der Waals surface area contributed by atoms with Crippen LogP contribution in [0, 0.1) is 74.4 Å². The van der Waals surface area contributed by atoms with E-state index in [-0.39, 0.29) is 24.0 Å². The molecular weight excluding hydrogens is 252 g/mol. The molecular formula is C15H12N4O. The van der Waals surface area contributed by atoms with E-state index in [0.717, 1.165) is 12.8 Å². The Morgan fingerprint density at radius 1 is 1.15 bits per heavy atom. The third-order valence-electron chi connectivity index (χ3n) is 4.30. The highest BCUT2D eigenvalue weighted by molar-refractivity contribution is 5.84. The Kier molecular flexibility index (Phi) is 3.56. The predicted molar refractivity (Wildman–Crippen MR) is 66.8 cm³/mol. The van der Waals surface area contributed by atoms with Crippen LogP contribution in [0.3, 0.4) is 0 Å². The molecule has 0 heterocycles. The molecule has 0 aromatic heterocycles. The fraction of sp³-hybridized carbons (Fsp3) is 0.533. The van der Waals surface area contributed by atoms with Crippen molar-refractivity contribution in [2.75, 3.05) is 0 Å². The largest absolute Gasteiger partial charge is 0.299 e. The molecule has 0 aliphatic heterocycles. The zero-order valence-electron chi connectivity index (χ0n) is 10.8. The number of carbonyl (C=O) groups is 1. The summed E-state index contributed by atoms with van der Waals surface area (Å²) in [6.45, 7) is 0. The van der Waals surface area contributed by atoms with Crippen LogP contribution in [0.2, 0.25) is 0 Å². The zero-order valence-corrected chi connectivity index (χ0v) is 10.8. The molecule has 5 nitrogen and oxygen atoms in total. The Balaban J connectivity index is 2.19. The molecule has 0 radical (unpaired) electrons. The summed E-state index contributed by atoms with van der Waals surface area (Å²) >= 11 is 0. The molecule has 2 rings (SSSR count). The van der Waals surface area contributed by atoms with E-state index in [1.807, 2.05) is 6.08 Å². The van der Waals surface area contributed by atoms with Gasteiger partial charge in [0.05, 0.1) is 24.3 Å². The fourth-order valence-corrected chi connectivity index (χ4v) is 3.14. The Morgan fingerprint density at radius 3 is 2.20 bits per heavy atom. The van der Waals surface area contributed by atoms with E-state index in [2.05, 4.69) is 6.08 Å². The van der Waals surface area contributed by atoms with Gasteiger partial charge in [-0.3, -0.25) is 4.79 Å². The fourth-order valence-electron chi connectivity index (χ4n) is 3.14. The molecule has 98 valence electrons. The highest BCUT2D eigenvalue weighted by Crippen LogP contribution is 2.45. The van der Waals surface area contributed by atoms with Gasteiger partial charge in [0, 0.05) is 12.3 Å². The number of nitriles is 4. The van der Waals surface area contributed by atoms with Crippen LogP contribution in [0.15, 0.2) is 12.2 Å². The van der Waals surface area contributed by atoms with E-state index in [4.69, 9.17) is 10.5 Å². The summed E-state index contributed by atoms with van der Waals surface area (Å²) in [7, 11) is 0. The lowest BCUT2D eigenvalue weighted by molar-refractivity contribution is -0.124. The monoisotopic (exact) mass is 264 g/mol. The normalized spacial score (nSPS) is 26.6. The molecule has 1 saturated carbocycles. The second kappa shape index (κ2) is 5.16. The van der Waals surface area contributed by atoms with Gasteiger partial charge in [-0.05, 0) is 24.7 Å². The molecule has 0 spiro atoms. The Morgan fingerprint density at radius 2 is 1.80 bits per heavy atom. The van der Waals surface area contributed by atoms with Gasteiger partial charge in [-0.25, -0.2) is 0 Å². The van der Waals surface area contributed by atoms with Crippen molar-refractivity contribution in [2.24, 2.45) is 29.1 Å². The number of rotatable bonds is 4. The van der Waals surface area contributed by atoms with Crippen LogP contribution >= 0.6 is 0 Å². The number of carbonyl (C=O) groups excluding carboxylic acids is 1. The van der Waals surface area contributed by atoms with Crippen molar-refractivity contribution >= 4 is 5.78 Å². The SMILES string of the molecule is N#CC(C#N)C(C#N)(C#N)CC(=O)C1CC2C=CC1C2. The molecule has 20 heavy (non-hydrogen) atoms. The number of nitrogens with zero attached hydrogens (tertiary/aromatic N) is 4. The van der Waals surface area contributed by atoms with Gasteiger partial charge in [0.15, 0.2) is 11.3 Å². The molecule has 3 atom stereocenters. The van der Waals surface area contributed by atoms with Crippen LogP contribution in [0.1, 0.15) is 19.3 Å². The van der Waals surface area contributed by atoms with E-state index < -0.39 is 11.3 Å². The Labute approximate surface area is 117 Å². The first-order chi connectivity index (χ1) is 9.60. The summed E-state index contributed by atoms with van der Waals surface area (Å²) in [5, 5.41) is 36.2. The number of hydrogen-bond acceptors (Lipinski definition) is 5. The average molecular weight is 264 g/mol. The van der Waals surface area contributed by atoms with Gasteiger partial charge >= 0.3 is 0 Å². The standard InChI is InChI=1S/C15H12N4O/c16-6-12(7-17)15(8-18,9-19)5-14(20)13-4-10-1-2-11(13)3-10/h1-2,10-13H,3-5H2. The van der Waals surface area contributed by atoms with Crippen LogP contribution in [0.25, 0.3) is 0 Å². The molecule has 2 bridgehead atoms. The zero-order chi connectivity index (χ0) is 14.8. The summed E-state index contributed by atoms with van der Waals surface area (Å²) in [5.41, 5.74) is -1.86. The van der Waals surface area contributed by atoms with Crippen molar-refractivity contribution in [3.8, 4) is 24.3 Å². The topological polar surface area (TPSA) is 112 Å². The predicted octanol–water partition coefficient (Wildman–Crippen LogP) is 1.85. The van der Waals surface area contributed by atoms with Crippen LogP contribution in [0.5, 0.6) is 0 Å². The lowest BCUT2D eigenvalue weighted by atomic mass is 9.72. The highest BCUT2D eigenvalue weighted by atomic mass is 16.1. The van der Waals surface area contributed by atoms with E-state index in [0.29, 0.717) is 5.92 Å². The van der Waals surface area contributed by atoms with Gasteiger partial charge < -0.3 is 0 Å². The summed E-state index contributed by atoms with van der Waals surface area (Å²) in [4.78, 5) is 12.3. The number of hydrogen-bond donors (Lipinski definition) is 0. The summed E-state index contributed by atoms with van der Waals surface area (Å²) in [6, 6.07) is 6.75. The molecule has 0 aromatic carbocycles. The lowest BCUT2D eigenvalue weighted by Gasteiger charge is -2.22. The van der Waals surface area contributed by atoms with Crippen molar-refractivity contribution in [3.63, 3.8) is 0 Å². The first kappa shape index (κ1) is 13.8. The second-order valence-electron chi connectivity index (χ2n) is 5.42. The van der Waals surface area contributed by atoms with Crippen molar-refractivity contribution in [1.29, 1.82) is 21.0 Å². The van der Waals surface area contributed by atoms with E-state index in [1.165, 1.54) is 0 Å². The van der Waals surface area contributed by atoms with Gasteiger partial charge in [0.1, 0.15) is 5.78 Å². The van der Waals surface area contributed by atoms with Crippen molar-refractivity contribution in [3.05, 3.63) is 12.2 Å². The van der Waals surface area contributed by atoms with Crippen LogP contribution < -0.4 is 0 Å². The molecule has 5 heteroatoms. The molecule has 1 fully saturated rings. The first-order valence-electron chi connectivity index (χ1n) is 6.43. The highest BCUT2D eigenvalue weighted by Gasteiger charge is 2.47. The number of fused-ring (bicyclic) bond motifs is 2. The molecule has 2 aliphatic carbocycles. The molecule has 2 aliphatic rings. The van der Waals surface area contributed by atoms with Gasteiger partial charge in [0.25, 0.3) is 0 Å². The molecule has 0 N–H and O–H groups in total. The number of Topliss-reactive ketones (excluding diaryl/α,β-unsaturated/α-hetero) is 1. The van der Waals surface area contributed by atoms with Gasteiger partial charge in [-0.15, -0.1) is 0 Å². The Bertz CT molecular complexity index is 594. The van der Waals surface area contributed by atoms with E-state index in [1.54, 1.807) is 24.3 Å². The third kappa shape index (κ3) is 2.05. The summed E-state index contributed by atoms with van der Waals surface area (Å²) in [5.74, 6) is -1.17. The lowest BCUT2D eigenvalue weighted by Crippen LogP contribution is -2.32. The van der Waals surface area contributed by atoms with E-state index >= 15 is 0 Å². The second-order valence-corrected chi connectivity index (χ2v) is 5.42. The maximum atomic E-state index is 12.3. The van der Waals surface area contributed by atoms with Gasteiger partial charge in [-0.2, -0.15) is 21.0 Å². The maximum Gasteiger partial charge on any atom is 0.179 e. The summed E-state index contributed by atoms with van der Waals surface area (Å²) < 4.78 is 0. The van der Waals surface area contributed by atoms with E-state index in [9.17, 15) is 15.3 Å². The first-order valence-corrected chi connectivity index (χ1v) is 6.43. The van der Waals surface area contributed by atoms with Crippen LogP contribution in [0.4, 0.5) is 0 Å². The number of allylic oxidation sites excluding steroid dienone is 2. The smallest absolute Gasteiger partial charge is 0.179 e. The molecule has 0 amide bonds. The van der Waals surface area contributed by atoms with Crippen LogP contribution in [-0.2, 0) is 4.79 Å². The van der Waals surface area contributed by atoms with Crippen molar-refractivity contribution in [1.82, 2.24) is 0 Å². The molecule has 0 aromatic rings. The van der Waals surface area contributed by atoms with Gasteiger partial charge in [0.2, 0.25) is 0 Å². The molecule has 0 saturated heterocycles. The quantitative estimate of drug-likeness (QED) is 0.719. The van der Waals surface area contributed by atoms with Crippen LogP contribution in [-0.4, -0.2) is 5.78 Å². The minimum atomic E-state index is -1.86. The Hall–Kier alpha value is -2.63.